The van der Waals surface area contributed by atoms with Crippen LogP contribution in [0.3, 0.4) is 0 Å². The van der Waals surface area contributed by atoms with Crippen molar-refractivity contribution in [3.05, 3.63) is 56.6 Å². The number of nitrogens with one attached hydrogen (secondary N) is 1. The van der Waals surface area contributed by atoms with Gasteiger partial charge in [-0.3, -0.25) is 14.9 Å². The molecular weight excluding hydrogens is 405 g/mol. The smallest absolute Gasteiger partial charge is 0.289 e. The number of thioether (sulfide) groups is 1. The minimum absolute atomic E-state index is 0.0190. The molecule has 0 aliphatic rings. The number of carbonyl (C=O) groups excluding carboxylic acids is 1. The maximum Gasteiger partial charge on any atom is 0.289 e. The standard InChI is InChI=1S/C15H9Cl2N3O3S2/c16-8-1-4-13-11(5-8)19-15(25-13)24-7-14(21)18-9-2-3-10(17)12(6-9)20(22)23/h1-6H,7H2,(H,18,21). The van der Waals surface area contributed by atoms with Gasteiger partial charge in [-0.2, -0.15) is 0 Å². The van der Waals surface area contributed by atoms with E-state index in [4.69, 9.17) is 23.2 Å². The van der Waals surface area contributed by atoms with Gasteiger partial charge >= 0.3 is 0 Å². The van der Waals surface area contributed by atoms with Crippen molar-refractivity contribution in [3.63, 3.8) is 0 Å². The fourth-order valence-corrected chi connectivity index (χ4v) is 4.20. The molecule has 25 heavy (non-hydrogen) atoms. The number of hydrogen-bond donors (Lipinski definition) is 1. The summed E-state index contributed by atoms with van der Waals surface area (Å²) in [6, 6.07) is 9.55. The van der Waals surface area contributed by atoms with E-state index >= 15 is 0 Å². The van der Waals surface area contributed by atoms with Gasteiger partial charge in [-0.15, -0.1) is 11.3 Å². The van der Waals surface area contributed by atoms with Gasteiger partial charge in [-0.1, -0.05) is 35.0 Å². The second-order valence-electron chi connectivity index (χ2n) is 4.85. The van der Waals surface area contributed by atoms with Gasteiger partial charge in [0.1, 0.15) is 5.02 Å². The van der Waals surface area contributed by atoms with Gasteiger partial charge in [0.05, 0.1) is 20.9 Å². The molecular formula is C15H9Cl2N3O3S2. The summed E-state index contributed by atoms with van der Waals surface area (Å²) >= 11 is 14.4. The lowest BCUT2D eigenvalue weighted by molar-refractivity contribution is -0.384. The van der Waals surface area contributed by atoms with Crippen LogP contribution < -0.4 is 5.32 Å². The molecule has 128 valence electrons. The molecule has 0 spiro atoms. The third-order valence-corrected chi connectivity index (χ3v) is 5.82. The Morgan fingerprint density at radius 1 is 1.28 bits per heavy atom. The first-order valence-electron chi connectivity index (χ1n) is 6.85. The van der Waals surface area contributed by atoms with Crippen LogP contribution in [0.15, 0.2) is 40.7 Å². The Morgan fingerprint density at radius 2 is 2.08 bits per heavy atom. The summed E-state index contributed by atoms with van der Waals surface area (Å²) in [5, 5.41) is 14.1. The number of carbonyl (C=O) groups is 1. The van der Waals surface area contributed by atoms with E-state index in [2.05, 4.69) is 10.3 Å². The summed E-state index contributed by atoms with van der Waals surface area (Å²) < 4.78 is 1.73. The topological polar surface area (TPSA) is 85.1 Å². The first kappa shape index (κ1) is 17.9. The zero-order valence-electron chi connectivity index (χ0n) is 12.4. The lowest BCUT2D eigenvalue weighted by atomic mass is 10.3. The number of aromatic nitrogens is 1. The summed E-state index contributed by atoms with van der Waals surface area (Å²) in [5.74, 6) is -0.164. The van der Waals surface area contributed by atoms with E-state index in [1.54, 1.807) is 12.1 Å². The molecule has 6 nitrogen and oxygen atoms in total. The predicted molar refractivity (Wildman–Crippen MR) is 102 cm³/mol. The molecule has 0 saturated heterocycles. The van der Waals surface area contributed by atoms with Crippen molar-refractivity contribution in [2.24, 2.45) is 0 Å². The molecule has 3 aromatic rings. The average Bonchev–Trinajstić information content (AvgIpc) is 2.96. The van der Waals surface area contributed by atoms with Crippen LogP contribution in [0, 0.1) is 10.1 Å². The van der Waals surface area contributed by atoms with E-state index in [0.29, 0.717) is 10.7 Å². The fourth-order valence-electron chi connectivity index (χ4n) is 2.00. The Balaban J connectivity index is 1.64. The molecule has 1 heterocycles. The van der Waals surface area contributed by atoms with Gasteiger partial charge in [0.25, 0.3) is 5.69 Å². The van der Waals surface area contributed by atoms with Crippen molar-refractivity contribution >= 4 is 73.8 Å². The monoisotopic (exact) mass is 413 g/mol. The second kappa shape index (κ2) is 7.57. The largest absolute Gasteiger partial charge is 0.325 e. The minimum Gasteiger partial charge on any atom is -0.325 e. The normalized spacial score (nSPS) is 10.8. The average molecular weight is 414 g/mol. The highest BCUT2D eigenvalue weighted by molar-refractivity contribution is 8.01. The van der Waals surface area contributed by atoms with E-state index in [9.17, 15) is 14.9 Å². The molecule has 0 aliphatic carbocycles. The molecule has 3 rings (SSSR count). The number of halogens is 2. The number of anilines is 1. The van der Waals surface area contributed by atoms with Gasteiger partial charge < -0.3 is 5.32 Å². The number of fused-ring (bicyclic) bond motifs is 1. The lowest BCUT2D eigenvalue weighted by Gasteiger charge is -2.04. The van der Waals surface area contributed by atoms with Crippen molar-refractivity contribution in [2.45, 2.75) is 4.34 Å². The molecule has 1 aromatic heterocycles. The van der Waals surface area contributed by atoms with Crippen LogP contribution in [-0.4, -0.2) is 21.6 Å². The summed E-state index contributed by atoms with van der Waals surface area (Å²) in [6.07, 6.45) is 0. The van der Waals surface area contributed by atoms with E-state index in [-0.39, 0.29) is 22.4 Å². The Morgan fingerprint density at radius 3 is 2.84 bits per heavy atom. The molecule has 0 atom stereocenters. The van der Waals surface area contributed by atoms with Gasteiger partial charge in [0.2, 0.25) is 5.91 Å². The summed E-state index contributed by atoms with van der Waals surface area (Å²) in [6.45, 7) is 0. The van der Waals surface area contributed by atoms with Crippen molar-refractivity contribution in [1.82, 2.24) is 4.98 Å². The quantitative estimate of drug-likeness (QED) is 0.351. The summed E-state index contributed by atoms with van der Waals surface area (Å²) in [4.78, 5) is 26.7. The van der Waals surface area contributed by atoms with Gasteiger partial charge in [-0.25, -0.2) is 4.98 Å². The fraction of sp³-hybridized carbons (Fsp3) is 0.0667. The number of hydrogen-bond acceptors (Lipinski definition) is 6. The zero-order valence-corrected chi connectivity index (χ0v) is 15.5. The molecule has 0 unspecified atom stereocenters. The second-order valence-corrected chi connectivity index (χ2v) is 7.95. The minimum atomic E-state index is -0.598. The highest BCUT2D eigenvalue weighted by Crippen LogP contribution is 2.31. The molecule has 0 bridgehead atoms. The maximum atomic E-state index is 12.0. The third-order valence-electron chi connectivity index (χ3n) is 3.08. The van der Waals surface area contributed by atoms with E-state index in [0.717, 1.165) is 14.6 Å². The van der Waals surface area contributed by atoms with Crippen LogP contribution in [0.1, 0.15) is 0 Å². The van der Waals surface area contributed by atoms with Crippen LogP contribution in [0.4, 0.5) is 11.4 Å². The van der Waals surface area contributed by atoms with Crippen LogP contribution in [0.2, 0.25) is 10.0 Å². The lowest BCUT2D eigenvalue weighted by Crippen LogP contribution is -2.14. The molecule has 1 N–H and O–H groups in total. The molecule has 0 saturated carbocycles. The SMILES string of the molecule is O=C(CSc1nc2cc(Cl)ccc2s1)Nc1ccc(Cl)c([N+](=O)[O-])c1. The van der Waals surface area contributed by atoms with Gasteiger partial charge in [0, 0.05) is 16.8 Å². The molecule has 0 fully saturated rings. The maximum absolute atomic E-state index is 12.0. The molecule has 1 amide bonds. The zero-order chi connectivity index (χ0) is 18.0. The predicted octanol–water partition coefficient (Wildman–Crippen LogP) is 5.24. The van der Waals surface area contributed by atoms with Crippen molar-refractivity contribution in [2.75, 3.05) is 11.1 Å². The van der Waals surface area contributed by atoms with Crippen LogP contribution in [0.5, 0.6) is 0 Å². The van der Waals surface area contributed by atoms with Crippen molar-refractivity contribution in [1.29, 1.82) is 0 Å². The van der Waals surface area contributed by atoms with Crippen LogP contribution >= 0.6 is 46.3 Å². The summed E-state index contributed by atoms with van der Waals surface area (Å²) in [7, 11) is 0. The molecule has 0 aliphatic heterocycles. The Kier molecular flexibility index (Phi) is 5.43. The van der Waals surface area contributed by atoms with Crippen LogP contribution in [0.25, 0.3) is 10.2 Å². The summed E-state index contributed by atoms with van der Waals surface area (Å²) in [5.41, 5.74) is 0.849. The molecule has 10 heteroatoms. The Bertz CT molecular complexity index is 978. The number of thiazole rings is 1. The number of benzene rings is 2. The Hall–Kier alpha value is -1.87. The number of amides is 1. The van der Waals surface area contributed by atoms with E-state index < -0.39 is 4.92 Å². The number of rotatable bonds is 5. The van der Waals surface area contributed by atoms with E-state index in [1.807, 2.05) is 6.07 Å². The molecule has 0 radical (unpaired) electrons. The first-order valence-corrected chi connectivity index (χ1v) is 9.41. The highest BCUT2D eigenvalue weighted by atomic mass is 35.5. The van der Waals surface area contributed by atoms with Crippen molar-refractivity contribution in [3.8, 4) is 0 Å². The number of nitro benzene ring substituents is 1. The van der Waals surface area contributed by atoms with Gasteiger partial charge in [0.15, 0.2) is 4.34 Å². The number of nitrogens with zero attached hydrogens (tertiary/aromatic N) is 2. The molecule has 2 aromatic carbocycles. The van der Waals surface area contributed by atoms with Crippen LogP contribution in [-0.2, 0) is 4.79 Å². The Labute approximate surface area is 160 Å². The third kappa shape index (κ3) is 4.40. The van der Waals surface area contributed by atoms with E-state index in [1.165, 1.54) is 41.3 Å². The first-order chi connectivity index (χ1) is 11.9. The number of nitro groups is 1. The van der Waals surface area contributed by atoms with Gasteiger partial charge in [-0.05, 0) is 30.3 Å². The van der Waals surface area contributed by atoms with Crippen molar-refractivity contribution < 1.29 is 9.72 Å². The highest BCUT2D eigenvalue weighted by Gasteiger charge is 2.14.